The topological polar surface area (TPSA) is 55.6 Å². The van der Waals surface area contributed by atoms with Crippen molar-refractivity contribution in [2.75, 3.05) is 19.7 Å². The summed E-state index contributed by atoms with van der Waals surface area (Å²) in [5.74, 6) is -0.271. The molecule has 0 aromatic rings. The Morgan fingerprint density at radius 1 is 1.33 bits per heavy atom. The molecule has 0 amide bonds. The lowest BCUT2D eigenvalue weighted by Crippen LogP contribution is -2.46. The van der Waals surface area contributed by atoms with Crippen LogP contribution < -0.4 is 5.73 Å². The van der Waals surface area contributed by atoms with Crippen LogP contribution in [0.3, 0.4) is 0 Å². The van der Waals surface area contributed by atoms with Crippen LogP contribution in [0.2, 0.25) is 0 Å². The van der Waals surface area contributed by atoms with E-state index in [-0.39, 0.29) is 5.97 Å². The fourth-order valence-corrected chi connectivity index (χ4v) is 3.22. The number of piperidine rings is 1. The van der Waals surface area contributed by atoms with Gasteiger partial charge in [-0.15, -0.1) is 0 Å². The fourth-order valence-electron chi connectivity index (χ4n) is 3.22. The van der Waals surface area contributed by atoms with Gasteiger partial charge in [-0.2, -0.15) is 0 Å². The molecule has 2 atom stereocenters. The second-order valence-corrected chi connectivity index (χ2v) is 6.57. The number of esters is 1. The number of carbonyl (C=O) groups excluding carboxylic acids is 1. The Bertz CT molecular complexity index is 303. The first-order chi connectivity index (χ1) is 10.0. The van der Waals surface area contributed by atoms with Crippen LogP contribution in [-0.4, -0.2) is 42.1 Å². The van der Waals surface area contributed by atoms with E-state index in [1.807, 2.05) is 6.92 Å². The van der Waals surface area contributed by atoms with Crippen LogP contribution in [0.5, 0.6) is 0 Å². The largest absolute Gasteiger partial charge is 0.465 e. The lowest BCUT2D eigenvalue weighted by Gasteiger charge is -2.36. The molecule has 1 heterocycles. The number of hydrogen-bond donors (Lipinski definition) is 1. The van der Waals surface area contributed by atoms with Crippen LogP contribution in [0, 0.1) is 0 Å². The van der Waals surface area contributed by atoms with Crippen molar-refractivity contribution in [2.45, 2.75) is 83.7 Å². The van der Waals surface area contributed by atoms with Gasteiger partial charge in [0, 0.05) is 6.04 Å². The van der Waals surface area contributed by atoms with Gasteiger partial charge in [0.25, 0.3) is 0 Å². The molecular weight excluding hydrogens is 264 g/mol. The van der Waals surface area contributed by atoms with Crippen LogP contribution in [0.4, 0.5) is 0 Å². The van der Waals surface area contributed by atoms with Gasteiger partial charge in [0.1, 0.15) is 5.54 Å². The molecule has 0 aromatic carbocycles. The first-order valence-electron chi connectivity index (χ1n) is 8.71. The van der Waals surface area contributed by atoms with E-state index in [0.29, 0.717) is 13.0 Å². The minimum absolute atomic E-state index is 0.271. The SMILES string of the molecule is CCCC1CCCCN1CCCCC(C)(N)C(=O)OCC. The van der Waals surface area contributed by atoms with Gasteiger partial charge in [0.15, 0.2) is 0 Å². The Labute approximate surface area is 130 Å². The Morgan fingerprint density at radius 2 is 2.10 bits per heavy atom. The molecule has 4 heteroatoms. The molecule has 0 aliphatic carbocycles. The normalized spacial score (nSPS) is 22.8. The first kappa shape index (κ1) is 18.4. The quantitative estimate of drug-likeness (QED) is 0.525. The van der Waals surface area contributed by atoms with Crippen molar-refractivity contribution in [3.63, 3.8) is 0 Å². The van der Waals surface area contributed by atoms with Crippen molar-refractivity contribution < 1.29 is 9.53 Å². The number of likely N-dealkylation sites (tertiary alicyclic amines) is 1. The second kappa shape index (κ2) is 9.42. The monoisotopic (exact) mass is 298 g/mol. The summed E-state index contributed by atoms with van der Waals surface area (Å²) in [5.41, 5.74) is 5.22. The molecule has 0 aromatic heterocycles. The van der Waals surface area contributed by atoms with Gasteiger partial charge < -0.3 is 15.4 Å². The number of nitrogens with two attached hydrogens (primary N) is 1. The second-order valence-electron chi connectivity index (χ2n) is 6.57. The molecule has 0 bridgehead atoms. The van der Waals surface area contributed by atoms with Crippen LogP contribution >= 0.6 is 0 Å². The Kier molecular flexibility index (Phi) is 8.27. The lowest BCUT2D eigenvalue weighted by molar-refractivity contribution is -0.149. The third kappa shape index (κ3) is 6.35. The zero-order valence-electron chi connectivity index (χ0n) is 14.2. The van der Waals surface area contributed by atoms with Crippen molar-refractivity contribution in [3.8, 4) is 0 Å². The van der Waals surface area contributed by atoms with Gasteiger partial charge in [0.2, 0.25) is 0 Å². The van der Waals surface area contributed by atoms with E-state index >= 15 is 0 Å². The molecule has 1 fully saturated rings. The summed E-state index contributed by atoms with van der Waals surface area (Å²) in [6, 6.07) is 0.776. The number of carbonyl (C=O) groups is 1. The zero-order chi connectivity index (χ0) is 15.7. The number of unbranched alkanes of at least 4 members (excludes halogenated alkanes) is 1. The molecule has 1 aliphatic rings. The summed E-state index contributed by atoms with van der Waals surface area (Å²) in [6.07, 6.45) is 9.46. The van der Waals surface area contributed by atoms with E-state index in [2.05, 4.69) is 11.8 Å². The molecule has 1 rings (SSSR count). The highest BCUT2D eigenvalue weighted by atomic mass is 16.5. The van der Waals surface area contributed by atoms with E-state index < -0.39 is 5.54 Å². The molecule has 0 spiro atoms. The van der Waals surface area contributed by atoms with E-state index in [1.54, 1.807) is 6.92 Å². The first-order valence-corrected chi connectivity index (χ1v) is 8.71. The third-order valence-electron chi connectivity index (χ3n) is 4.50. The standard InChI is InChI=1S/C17H34N2O2/c1-4-10-15-11-6-8-13-19(15)14-9-7-12-17(3,18)16(20)21-5-2/h15H,4-14,18H2,1-3H3. The minimum Gasteiger partial charge on any atom is -0.465 e. The van der Waals surface area contributed by atoms with Crippen molar-refractivity contribution in [2.24, 2.45) is 5.73 Å². The summed E-state index contributed by atoms with van der Waals surface area (Å²) in [4.78, 5) is 14.4. The van der Waals surface area contributed by atoms with Crippen LogP contribution in [0.15, 0.2) is 0 Å². The van der Waals surface area contributed by atoms with Gasteiger partial charge >= 0.3 is 5.97 Å². The minimum atomic E-state index is -0.833. The molecule has 0 saturated carbocycles. The molecule has 1 saturated heterocycles. The zero-order valence-corrected chi connectivity index (χ0v) is 14.2. The van der Waals surface area contributed by atoms with Crippen LogP contribution in [-0.2, 0) is 9.53 Å². The Morgan fingerprint density at radius 3 is 2.76 bits per heavy atom. The lowest BCUT2D eigenvalue weighted by atomic mass is 9.95. The summed E-state index contributed by atoms with van der Waals surface area (Å²) < 4.78 is 5.03. The van der Waals surface area contributed by atoms with Gasteiger partial charge in [-0.05, 0) is 65.5 Å². The molecule has 2 unspecified atom stereocenters. The summed E-state index contributed by atoms with van der Waals surface area (Å²) in [5, 5.41) is 0. The van der Waals surface area contributed by atoms with Crippen molar-refractivity contribution in [1.29, 1.82) is 0 Å². The molecule has 4 nitrogen and oxygen atoms in total. The van der Waals surface area contributed by atoms with Crippen molar-refractivity contribution in [1.82, 2.24) is 4.90 Å². The summed E-state index contributed by atoms with van der Waals surface area (Å²) >= 11 is 0. The maximum absolute atomic E-state index is 11.7. The summed E-state index contributed by atoms with van der Waals surface area (Å²) in [7, 11) is 0. The maximum atomic E-state index is 11.7. The van der Waals surface area contributed by atoms with Crippen molar-refractivity contribution in [3.05, 3.63) is 0 Å². The highest BCUT2D eigenvalue weighted by Crippen LogP contribution is 2.22. The van der Waals surface area contributed by atoms with E-state index in [4.69, 9.17) is 10.5 Å². The maximum Gasteiger partial charge on any atom is 0.325 e. The predicted molar refractivity (Wildman–Crippen MR) is 87.2 cm³/mol. The molecule has 21 heavy (non-hydrogen) atoms. The molecular formula is C17H34N2O2. The van der Waals surface area contributed by atoms with Gasteiger partial charge in [0.05, 0.1) is 6.61 Å². The number of hydrogen-bond acceptors (Lipinski definition) is 4. The number of ether oxygens (including phenoxy) is 1. The van der Waals surface area contributed by atoms with E-state index in [1.165, 1.54) is 38.6 Å². The van der Waals surface area contributed by atoms with E-state index in [9.17, 15) is 4.79 Å². The predicted octanol–water partition coefficient (Wildman–Crippen LogP) is 3.09. The van der Waals surface area contributed by atoms with Gasteiger partial charge in [-0.25, -0.2) is 0 Å². The average Bonchev–Trinajstić information content (AvgIpc) is 2.46. The molecule has 124 valence electrons. The van der Waals surface area contributed by atoms with E-state index in [0.717, 1.165) is 25.4 Å². The summed E-state index contributed by atoms with van der Waals surface area (Å²) in [6.45, 7) is 8.65. The Balaban J connectivity index is 2.27. The number of rotatable bonds is 9. The highest BCUT2D eigenvalue weighted by molar-refractivity contribution is 5.79. The average molecular weight is 298 g/mol. The third-order valence-corrected chi connectivity index (χ3v) is 4.50. The molecule has 0 radical (unpaired) electrons. The van der Waals surface area contributed by atoms with Gasteiger partial charge in [-0.1, -0.05) is 19.8 Å². The smallest absolute Gasteiger partial charge is 0.325 e. The van der Waals surface area contributed by atoms with Crippen LogP contribution in [0.25, 0.3) is 0 Å². The fraction of sp³-hybridized carbons (Fsp3) is 0.941. The molecule has 1 aliphatic heterocycles. The van der Waals surface area contributed by atoms with Crippen LogP contribution in [0.1, 0.15) is 72.1 Å². The number of nitrogens with zero attached hydrogens (tertiary/aromatic N) is 1. The Hall–Kier alpha value is -0.610. The molecule has 2 N–H and O–H groups in total. The van der Waals surface area contributed by atoms with Crippen molar-refractivity contribution >= 4 is 5.97 Å². The highest BCUT2D eigenvalue weighted by Gasteiger charge is 2.29. The van der Waals surface area contributed by atoms with Gasteiger partial charge in [-0.3, -0.25) is 4.79 Å².